The van der Waals surface area contributed by atoms with Crippen LogP contribution in [0.1, 0.15) is 25.0 Å². The van der Waals surface area contributed by atoms with E-state index in [2.05, 4.69) is 20.9 Å². The maximum Gasteiger partial charge on any atom is 0.225 e. The summed E-state index contributed by atoms with van der Waals surface area (Å²) in [5.41, 5.74) is 1.11. The Bertz CT molecular complexity index is 480. The highest BCUT2D eigenvalue weighted by molar-refractivity contribution is 5.77. The Labute approximate surface area is 125 Å². The molecular formula is C16H23N3O2. The van der Waals surface area contributed by atoms with Crippen molar-refractivity contribution in [3.05, 3.63) is 30.1 Å². The number of rotatable bonds is 5. The molecule has 1 aromatic rings. The van der Waals surface area contributed by atoms with Gasteiger partial charge in [-0.3, -0.25) is 14.7 Å². The maximum absolute atomic E-state index is 12.2. The Morgan fingerprint density at radius 1 is 1.33 bits per heavy atom. The molecule has 0 aromatic carbocycles. The summed E-state index contributed by atoms with van der Waals surface area (Å²) in [5.74, 6) is 0.240. The zero-order chi connectivity index (χ0) is 14.7. The van der Waals surface area contributed by atoms with Crippen LogP contribution in [0.15, 0.2) is 24.4 Å². The van der Waals surface area contributed by atoms with Crippen LogP contribution in [0.5, 0.6) is 0 Å². The summed E-state index contributed by atoms with van der Waals surface area (Å²) in [6.45, 7) is 3.35. The summed E-state index contributed by atoms with van der Waals surface area (Å²) in [4.78, 5) is 21.2. The second-order valence-electron chi connectivity index (χ2n) is 5.83. The molecule has 0 unspecified atom stereocenters. The third-order valence-corrected chi connectivity index (χ3v) is 4.62. The lowest BCUT2D eigenvalue weighted by Crippen LogP contribution is -2.39. The molecule has 0 radical (unpaired) electrons. The zero-order valence-electron chi connectivity index (χ0n) is 12.6. The molecule has 3 rings (SSSR count). The molecule has 0 aliphatic carbocycles. The lowest BCUT2D eigenvalue weighted by Gasteiger charge is -2.25. The highest BCUT2D eigenvalue weighted by Gasteiger charge is 2.43. The molecule has 2 aliphatic heterocycles. The summed E-state index contributed by atoms with van der Waals surface area (Å²) in [6.07, 6.45) is 4.50. The minimum Gasteiger partial charge on any atom is -0.384 e. The molecule has 2 aliphatic rings. The monoisotopic (exact) mass is 289 g/mol. The molecule has 3 heterocycles. The Morgan fingerprint density at radius 2 is 2.19 bits per heavy atom. The summed E-state index contributed by atoms with van der Waals surface area (Å²) in [5, 5.41) is 0. The molecular weight excluding hydrogens is 266 g/mol. The Kier molecular flexibility index (Phi) is 4.51. The molecule has 114 valence electrons. The van der Waals surface area contributed by atoms with Gasteiger partial charge in [0.2, 0.25) is 5.91 Å². The molecule has 21 heavy (non-hydrogen) atoms. The number of hydrogen-bond donors (Lipinski definition) is 0. The number of aromatic nitrogens is 1. The van der Waals surface area contributed by atoms with E-state index in [0.29, 0.717) is 25.1 Å². The Morgan fingerprint density at radius 3 is 2.95 bits per heavy atom. The average Bonchev–Trinajstić information content (AvgIpc) is 3.09. The molecule has 2 atom stereocenters. The van der Waals surface area contributed by atoms with E-state index in [1.54, 1.807) is 7.11 Å². The first kappa shape index (κ1) is 14.5. The van der Waals surface area contributed by atoms with E-state index in [-0.39, 0.29) is 5.91 Å². The number of nitrogens with zero attached hydrogens (tertiary/aromatic N) is 3. The Balaban J connectivity index is 1.60. The van der Waals surface area contributed by atoms with Gasteiger partial charge < -0.3 is 9.64 Å². The molecule has 2 fully saturated rings. The summed E-state index contributed by atoms with van der Waals surface area (Å²) in [6, 6.07) is 6.94. The normalized spacial score (nSPS) is 25.3. The predicted octanol–water partition coefficient (Wildman–Crippen LogP) is 1.29. The first-order valence-electron chi connectivity index (χ1n) is 7.72. The minimum absolute atomic E-state index is 0.240. The highest BCUT2D eigenvalue weighted by atomic mass is 16.5. The van der Waals surface area contributed by atoms with E-state index in [4.69, 9.17) is 4.74 Å². The van der Waals surface area contributed by atoms with E-state index in [0.717, 1.165) is 38.2 Å². The SMILES string of the molecule is COCCC(=O)N1CC[C@@H]2[C@@H]1CCN2Cc1ccccn1. The van der Waals surface area contributed by atoms with Gasteiger partial charge in [0, 0.05) is 45.0 Å². The first-order chi connectivity index (χ1) is 10.3. The maximum atomic E-state index is 12.2. The van der Waals surface area contributed by atoms with Crippen LogP contribution in [0.2, 0.25) is 0 Å². The van der Waals surface area contributed by atoms with Gasteiger partial charge in [-0.25, -0.2) is 0 Å². The topological polar surface area (TPSA) is 45.7 Å². The van der Waals surface area contributed by atoms with Gasteiger partial charge in [-0.15, -0.1) is 0 Å². The summed E-state index contributed by atoms with van der Waals surface area (Å²) < 4.78 is 5.02. The molecule has 0 bridgehead atoms. The van der Waals surface area contributed by atoms with Crippen molar-refractivity contribution in [3.8, 4) is 0 Å². The standard InChI is InChI=1S/C16H23N3O2/c1-21-11-7-16(20)19-10-6-14-15(19)5-9-18(14)12-13-4-2-3-8-17-13/h2-4,8,14-15H,5-7,9-12H2,1H3/t14-,15+/m1/s1. The van der Waals surface area contributed by atoms with Gasteiger partial charge in [-0.05, 0) is 25.0 Å². The van der Waals surface area contributed by atoms with Crippen molar-refractivity contribution in [2.45, 2.75) is 37.9 Å². The smallest absolute Gasteiger partial charge is 0.225 e. The second kappa shape index (κ2) is 6.54. The molecule has 5 nitrogen and oxygen atoms in total. The van der Waals surface area contributed by atoms with Gasteiger partial charge in [-0.2, -0.15) is 0 Å². The second-order valence-corrected chi connectivity index (χ2v) is 5.83. The van der Waals surface area contributed by atoms with E-state index < -0.39 is 0 Å². The number of methoxy groups -OCH3 is 1. The van der Waals surface area contributed by atoms with Crippen LogP contribution in [0.4, 0.5) is 0 Å². The van der Waals surface area contributed by atoms with Crippen LogP contribution in [0.3, 0.4) is 0 Å². The molecule has 2 saturated heterocycles. The number of likely N-dealkylation sites (tertiary alicyclic amines) is 2. The molecule has 0 saturated carbocycles. The zero-order valence-corrected chi connectivity index (χ0v) is 12.6. The number of amides is 1. The molecule has 1 amide bonds. The van der Waals surface area contributed by atoms with E-state index >= 15 is 0 Å². The highest BCUT2D eigenvalue weighted by Crippen LogP contribution is 2.32. The van der Waals surface area contributed by atoms with Crippen molar-refractivity contribution < 1.29 is 9.53 Å². The summed E-state index contributed by atoms with van der Waals surface area (Å²) >= 11 is 0. The molecule has 0 N–H and O–H groups in total. The third-order valence-electron chi connectivity index (χ3n) is 4.62. The van der Waals surface area contributed by atoms with Crippen LogP contribution in [-0.4, -0.2) is 59.6 Å². The number of fused-ring (bicyclic) bond motifs is 1. The molecule has 5 heteroatoms. The molecule has 1 aromatic heterocycles. The number of carbonyl (C=O) groups excluding carboxylic acids is 1. The van der Waals surface area contributed by atoms with Gasteiger partial charge in [0.05, 0.1) is 18.7 Å². The van der Waals surface area contributed by atoms with Crippen molar-refractivity contribution in [2.24, 2.45) is 0 Å². The van der Waals surface area contributed by atoms with Gasteiger partial charge in [-0.1, -0.05) is 6.07 Å². The quantitative estimate of drug-likeness (QED) is 0.819. The van der Waals surface area contributed by atoms with Gasteiger partial charge in [0.25, 0.3) is 0 Å². The van der Waals surface area contributed by atoms with Crippen molar-refractivity contribution in [2.75, 3.05) is 26.8 Å². The number of hydrogen-bond acceptors (Lipinski definition) is 4. The fourth-order valence-corrected chi connectivity index (χ4v) is 3.61. The van der Waals surface area contributed by atoms with Crippen molar-refractivity contribution in [1.82, 2.24) is 14.8 Å². The third kappa shape index (κ3) is 3.09. The lowest BCUT2D eigenvalue weighted by molar-refractivity contribution is -0.132. The van der Waals surface area contributed by atoms with Crippen molar-refractivity contribution >= 4 is 5.91 Å². The summed E-state index contributed by atoms with van der Waals surface area (Å²) in [7, 11) is 1.64. The fourth-order valence-electron chi connectivity index (χ4n) is 3.61. The van der Waals surface area contributed by atoms with Gasteiger partial charge in [0.1, 0.15) is 0 Å². The van der Waals surface area contributed by atoms with E-state index in [1.807, 2.05) is 18.3 Å². The number of pyridine rings is 1. The lowest BCUT2D eigenvalue weighted by atomic mass is 10.1. The minimum atomic E-state index is 0.240. The first-order valence-corrected chi connectivity index (χ1v) is 7.72. The van der Waals surface area contributed by atoms with Crippen molar-refractivity contribution in [3.63, 3.8) is 0 Å². The van der Waals surface area contributed by atoms with Gasteiger partial charge in [0.15, 0.2) is 0 Å². The van der Waals surface area contributed by atoms with Crippen LogP contribution in [0, 0.1) is 0 Å². The number of carbonyl (C=O) groups is 1. The Hall–Kier alpha value is -1.46. The van der Waals surface area contributed by atoms with Crippen LogP contribution in [0.25, 0.3) is 0 Å². The fraction of sp³-hybridized carbons (Fsp3) is 0.625. The van der Waals surface area contributed by atoms with E-state index in [1.165, 1.54) is 0 Å². The van der Waals surface area contributed by atoms with Crippen LogP contribution >= 0.6 is 0 Å². The average molecular weight is 289 g/mol. The van der Waals surface area contributed by atoms with Gasteiger partial charge >= 0.3 is 0 Å². The van der Waals surface area contributed by atoms with Crippen LogP contribution < -0.4 is 0 Å². The van der Waals surface area contributed by atoms with E-state index in [9.17, 15) is 4.79 Å². The van der Waals surface area contributed by atoms with Crippen molar-refractivity contribution in [1.29, 1.82) is 0 Å². The predicted molar refractivity (Wildman–Crippen MR) is 79.7 cm³/mol. The molecule has 0 spiro atoms. The number of ether oxygens (including phenoxy) is 1. The van der Waals surface area contributed by atoms with Crippen LogP contribution in [-0.2, 0) is 16.1 Å². The largest absolute Gasteiger partial charge is 0.384 e.